The molecule has 172 valence electrons. The number of piperidine rings is 2. The quantitative estimate of drug-likeness (QED) is 0.671. The summed E-state index contributed by atoms with van der Waals surface area (Å²) in [5, 5.41) is 22.3. The molecule has 11 nitrogen and oxygen atoms in total. The Morgan fingerprint density at radius 2 is 2.00 bits per heavy atom. The maximum Gasteiger partial charge on any atom is 0.410 e. The fourth-order valence-electron chi connectivity index (χ4n) is 4.49. The minimum Gasteiger partial charge on any atom is -0.444 e. The van der Waals surface area contributed by atoms with Crippen molar-refractivity contribution in [2.75, 3.05) is 26.2 Å². The van der Waals surface area contributed by atoms with E-state index in [-0.39, 0.29) is 24.2 Å². The van der Waals surface area contributed by atoms with E-state index in [0.29, 0.717) is 44.1 Å². The van der Waals surface area contributed by atoms with Gasteiger partial charge in [-0.1, -0.05) is 0 Å². The van der Waals surface area contributed by atoms with Crippen molar-refractivity contribution in [3.63, 3.8) is 0 Å². The van der Waals surface area contributed by atoms with E-state index in [1.165, 1.54) is 0 Å². The highest BCUT2D eigenvalue weighted by Gasteiger charge is 2.46. The molecule has 0 spiro atoms. The van der Waals surface area contributed by atoms with Gasteiger partial charge in [-0.15, -0.1) is 10.2 Å². The zero-order valence-electron chi connectivity index (χ0n) is 18.4. The molecule has 31 heavy (non-hydrogen) atoms. The van der Waals surface area contributed by atoms with Gasteiger partial charge < -0.3 is 24.3 Å². The Kier molecular flexibility index (Phi) is 6.07. The van der Waals surface area contributed by atoms with Crippen LogP contribution in [0.4, 0.5) is 9.59 Å². The van der Waals surface area contributed by atoms with Gasteiger partial charge >= 0.3 is 12.1 Å². The van der Waals surface area contributed by atoms with Crippen LogP contribution in [0.15, 0.2) is 4.42 Å². The minimum absolute atomic E-state index is 0.103. The molecule has 0 aromatic carbocycles. The third-order valence-corrected chi connectivity index (χ3v) is 6.06. The molecule has 3 aliphatic rings. The fourth-order valence-corrected chi connectivity index (χ4v) is 4.49. The molecular weight excluding hydrogens is 404 g/mol. The van der Waals surface area contributed by atoms with Crippen LogP contribution in [-0.4, -0.2) is 86.3 Å². The second kappa shape index (κ2) is 8.62. The number of carbonyl (C=O) groups excluding carboxylic acids is 2. The van der Waals surface area contributed by atoms with Crippen LogP contribution < -0.4 is 5.32 Å². The van der Waals surface area contributed by atoms with Crippen LogP contribution in [0.1, 0.15) is 64.3 Å². The number of nitrogens with one attached hydrogen (secondary N) is 1. The van der Waals surface area contributed by atoms with Crippen molar-refractivity contribution in [1.29, 1.82) is 0 Å². The number of amides is 3. The van der Waals surface area contributed by atoms with Crippen molar-refractivity contribution < 1.29 is 24.0 Å². The predicted octanol–water partition coefficient (Wildman–Crippen LogP) is 1.93. The van der Waals surface area contributed by atoms with Crippen molar-refractivity contribution in [3.05, 3.63) is 11.8 Å². The van der Waals surface area contributed by atoms with Crippen molar-refractivity contribution in [2.45, 2.75) is 76.6 Å². The third kappa shape index (κ3) is 4.77. The topological polar surface area (TPSA) is 124 Å². The number of nitrogens with zero attached hydrogens (tertiary/aromatic N) is 5. The molecule has 2 bridgehead atoms. The summed E-state index contributed by atoms with van der Waals surface area (Å²) in [5.74, 6) is 0.801. The molecule has 3 saturated heterocycles. The lowest BCUT2D eigenvalue weighted by Crippen LogP contribution is -2.48. The number of hydroxylamine groups is 2. The van der Waals surface area contributed by atoms with Gasteiger partial charge in [-0.25, -0.2) is 14.7 Å². The zero-order chi connectivity index (χ0) is 22.2. The van der Waals surface area contributed by atoms with E-state index in [0.717, 1.165) is 31.0 Å². The average molecular weight is 437 g/mol. The van der Waals surface area contributed by atoms with Gasteiger partial charge in [0.05, 0.1) is 6.04 Å². The summed E-state index contributed by atoms with van der Waals surface area (Å²) in [4.78, 5) is 28.4. The molecular formula is C20H32N6O5. The first kappa shape index (κ1) is 21.8. The Morgan fingerprint density at radius 3 is 2.71 bits per heavy atom. The van der Waals surface area contributed by atoms with Crippen molar-refractivity contribution >= 4 is 12.1 Å². The molecule has 3 fully saturated rings. The maximum absolute atomic E-state index is 12.8. The Bertz CT molecular complexity index is 802. The molecule has 3 amide bonds. The monoisotopic (exact) mass is 436 g/mol. The Labute approximate surface area is 181 Å². The summed E-state index contributed by atoms with van der Waals surface area (Å²) in [7, 11) is 0. The van der Waals surface area contributed by atoms with Gasteiger partial charge in [-0.05, 0) is 59.5 Å². The minimum atomic E-state index is -0.568. The van der Waals surface area contributed by atoms with Gasteiger partial charge in [0.25, 0.3) is 0 Å². The summed E-state index contributed by atoms with van der Waals surface area (Å²) in [6.45, 7) is 8.18. The van der Waals surface area contributed by atoms with Crippen LogP contribution in [-0.2, 0) is 11.2 Å². The van der Waals surface area contributed by atoms with Gasteiger partial charge in [-0.2, -0.15) is 0 Å². The van der Waals surface area contributed by atoms with Crippen molar-refractivity contribution in [3.8, 4) is 0 Å². The second-order valence-electron chi connectivity index (χ2n) is 9.47. The molecule has 4 heterocycles. The highest BCUT2D eigenvalue weighted by atomic mass is 16.6. The molecule has 2 atom stereocenters. The fraction of sp³-hybridized carbons (Fsp3) is 0.800. The van der Waals surface area contributed by atoms with Crippen LogP contribution in [0.3, 0.4) is 0 Å². The number of hydrogen-bond acceptors (Lipinski definition) is 8. The van der Waals surface area contributed by atoms with Gasteiger partial charge in [0, 0.05) is 25.6 Å². The molecule has 2 N–H and O–H groups in total. The van der Waals surface area contributed by atoms with Crippen LogP contribution in [0, 0.1) is 0 Å². The predicted molar refractivity (Wildman–Crippen MR) is 108 cm³/mol. The number of hydrogen-bond donors (Lipinski definition) is 2. The standard InChI is InChI=1S/C20H32N6O5/c1-20(2,3)31-19(28)24(13-6-9-21-10-7-13)11-8-16-22-23-17(30-16)15-5-4-14-12-25(15)18(27)26(14)29/h13-15,21,29H,4-12H2,1-3H3/t14?,15-/m0/s1. The summed E-state index contributed by atoms with van der Waals surface area (Å²) in [6.07, 6.45) is 3.16. The lowest BCUT2D eigenvalue weighted by atomic mass is 10.0. The number of urea groups is 1. The van der Waals surface area contributed by atoms with Crippen molar-refractivity contribution in [1.82, 2.24) is 30.4 Å². The number of aromatic nitrogens is 2. The van der Waals surface area contributed by atoms with Gasteiger partial charge in [-0.3, -0.25) is 5.21 Å². The second-order valence-corrected chi connectivity index (χ2v) is 9.47. The lowest BCUT2D eigenvalue weighted by molar-refractivity contribution is -0.0584. The summed E-state index contributed by atoms with van der Waals surface area (Å²) in [6, 6.07) is -0.812. The van der Waals surface area contributed by atoms with Gasteiger partial charge in [0.1, 0.15) is 11.6 Å². The first-order valence-corrected chi connectivity index (χ1v) is 11.0. The molecule has 4 rings (SSSR count). The lowest BCUT2D eigenvalue weighted by Gasteiger charge is -2.35. The van der Waals surface area contributed by atoms with E-state index in [1.54, 1.807) is 9.80 Å². The van der Waals surface area contributed by atoms with Crippen molar-refractivity contribution in [2.24, 2.45) is 0 Å². The van der Waals surface area contributed by atoms with Crippen LogP contribution >= 0.6 is 0 Å². The number of ether oxygens (including phenoxy) is 1. The maximum atomic E-state index is 12.8. The number of fused-ring (bicyclic) bond motifs is 2. The summed E-state index contributed by atoms with van der Waals surface area (Å²) < 4.78 is 11.5. The van der Waals surface area contributed by atoms with Crippen LogP contribution in [0.2, 0.25) is 0 Å². The number of rotatable bonds is 5. The first-order chi connectivity index (χ1) is 14.7. The van der Waals surface area contributed by atoms with E-state index in [4.69, 9.17) is 9.15 Å². The molecule has 0 aliphatic carbocycles. The molecule has 3 aliphatic heterocycles. The van der Waals surface area contributed by atoms with Crippen LogP contribution in [0.25, 0.3) is 0 Å². The van der Waals surface area contributed by atoms with E-state index in [9.17, 15) is 14.8 Å². The van der Waals surface area contributed by atoms with E-state index >= 15 is 0 Å². The summed E-state index contributed by atoms with van der Waals surface area (Å²) in [5.41, 5.74) is -0.568. The molecule has 1 aromatic heterocycles. The van der Waals surface area contributed by atoms with E-state index in [2.05, 4.69) is 15.5 Å². The summed E-state index contributed by atoms with van der Waals surface area (Å²) >= 11 is 0. The van der Waals surface area contributed by atoms with Gasteiger partial charge in [0.15, 0.2) is 0 Å². The highest BCUT2D eigenvalue weighted by molar-refractivity contribution is 5.76. The largest absolute Gasteiger partial charge is 0.444 e. The molecule has 11 heteroatoms. The Hall–Kier alpha value is -2.40. The smallest absolute Gasteiger partial charge is 0.410 e. The SMILES string of the molecule is CC(C)(C)OC(=O)N(CCc1nnc([C@@H]2CCC3CN2C(=O)N3O)o1)C1CCNCC1. The highest BCUT2D eigenvalue weighted by Crippen LogP contribution is 2.37. The Morgan fingerprint density at radius 1 is 1.26 bits per heavy atom. The van der Waals surface area contributed by atoms with E-state index in [1.807, 2.05) is 20.8 Å². The van der Waals surface area contributed by atoms with Gasteiger partial charge in [0.2, 0.25) is 11.8 Å². The molecule has 0 radical (unpaired) electrons. The van der Waals surface area contributed by atoms with E-state index < -0.39 is 11.6 Å². The van der Waals surface area contributed by atoms with Crippen LogP contribution in [0.5, 0.6) is 0 Å². The molecule has 0 saturated carbocycles. The average Bonchev–Trinajstić information content (AvgIpc) is 3.28. The molecule has 1 unspecified atom stereocenters. The third-order valence-electron chi connectivity index (χ3n) is 6.06. The first-order valence-electron chi connectivity index (χ1n) is 11.0. The Balaban J connectivity index is 1.41. The number of carbonyl (C=O) groups is 2. The normalized spacial score (nSPS) is 24.6. The molecule has 1 aromatic rings. The zero-order valence-corrected chi connectivity index (χ0v) is 18.4.